The zero-order chi connectivity index (χ0) is 32.6. The lowest BCUT2D eigenvalue weighted by molar-refractivity contribution is -0.156. The van der Waals surface area contributed by atoms with Crippen molar-refractivity contribution in [3.05, 3.63) is 63.5 Å². The smallest absolute Gasteiger partial charge is 0.416 e. The molecule has 3 aliphatic rings. The molecular formula is C35H48F3NO4Si. The van der Waals surface area contributed by atoms with Crippen LogP contribution in [-0.4, -0.2) is 19.3 Å². The van der Waals surface area contributed by atoms with E-state index in [1.165, 1.54) is 6.92 Å². The van der Waals surface area contributed by atoms with E-state index in [4.69, 9.17) is 18.9 Å². The number of carbonyl (C=O) groups is 1. The normalized spacial score (nSPS) is 24.5. The van der Waals surface area contributed by atoms with E-state index in [1.54, 1.807) is 12.1 Å². The van der Waals surface area contributed by atoms with Gasteiger partial charge in [-0.15, -0.1) is 0 Å². The van der Waals surface area contributed by atoms with Gasteiger partial charge in [-0.2, -0.15) is 13.2 Å². The predicted octanol–water partition coefficient (Wildman–Crippen LogP) is 10.2. The minimum absolute atomic E-state index is 0.00562. The first-order valence-electron chi connectivity index (χ1n) is 16.0. The number of alkyl halides is 3. The molecule has 1 spiro atoms. The largest absolute Gasteiger partial charge is 0.455 e. The van der Waals surface area contributed by atoms with Crippen LogP contribution in [0.1, 0.15) is 151 Å². The van der Waals surface area contributed by atoms with E-state index < -0.39 is 43.3 Å². The van der Waals surface area contributed by atoms with E-state index in [0.717, 1.165) is 65.9 Å². The van der Waals surface area contributed by atoms with Gasteiger partial charge in [-0.3, -0.25) is 9.78 Å². The van der Waals surface area contributed by atoms with Crippen molar-refractivity contribution in [2.75, 3.05) is 0 Å². The molecule has 2 aromatic rings. The van der Waals surface area contributed by atoms with Crippen LogP contribution in [0.5, 0.6) is 0 Å². The molecular weight excluding hydrogens is 583 g/mol. The molecule has 2 heterocycles. The third-order valence-electron chi connectivity index (χ3n) is 10.4. The second-order valence-corrected chi connectivity index (χ2v) is 20.4. The molecule has 0 saturated heterocycles. The van der Waals surface area contributed by atoms with Crippen LogP contribution >= 0.6 is 0 Å². The van der Waals surface area contributed by atoms with Gasteiger partial charge < -0.3 is 13.9 Å². The highest BCUT2D eigenvalue weighted by Crippen LogP contribution is 2.62. The first kappa shape index (κ1) is 33.1. The second-order valence-electron chi connectivity index (χ2n) is 15.6. The third kappa shape index (κ3) is 5.66. The fourth-order valence-electron chi connectivity index (χ4n) is 7.18. The van der Waals surface area contributed by atoms with Gasteiger partial charge in [0.25, 0.3) is 0 Å². The number of aromatic nitrogens is 1. The van der Waals surface area contributed by atoms with Gasteiger partial charge in [0.05, 0.1) is 23.0 Å². The SMILES string of the molecule is CC(=O)O[C@H]1c2nc(C(C)C)c3c(c2[C@@H](O[Si](C)(C)C(C)(C)C)CC1(C)C)C1(CCCC1)O[C@@H]3c1ccc(C(F)(F)F)cc1. The van der Waals surface area contributed by atoms with Crippen molar-refractivity contribution in [2.45, 2.75) is 142 Å². The van der Waals surface area contributed by atoms with Gasteiger partial charge in [0.2, 0.25) is 0 Å². The molecule has 0 N–H and O–H groups in total. The molecule has 0 bridgehead atoms. The van der Waals surface area contributed by atoms with Crippen LogP contribution in [-0.2, 0) is 30.5 Å². The average Bonchev–Trinajstić information content (AvgIpc) is 3.49. The van der Waals surface area contributed by atoms with Crippen molar-refractivity contribution >= 4 is 14.3 Å². The molecule has 44 heavy (non-hydrogen) atoms. The van der Waals surface area contributed by atoms with Gasteiger partial charge in [0.15, 0.2) is 8.32 Å². The molecule has 0 unspecified atom stereocenters. The topological polar surface area (TPSA) is 57.7 Å². The Kier molecular flexibility index (Phi) is 8.24. The summed E-state index contributed by atoms with van der Waals surface area (Å²) in [6.07, 6.45) is -1.62. The lowest BCUT2D eigenvalue weighted by Crippen LogP contribution is -2.45. The summed E-state index contributed by atoms with van der Waals surface area (Å²) >= 11 is 0. The van der Waals surface area contributed by atoms with Crippen molar-refractivity contribution in [3.8, 4) is 0 Å². The number of carbonyl (C=O) groups excluding carboxylic acids is 1. The van der Waals surface area contributed by atoms with E-state index in [2.05, 4.69) is 61.6 Å². The summed E-state index contributed by atoms with van der Waals surface area (Å²) < 4.78 is 60.9. The summed E-state index contributed by atoms with van der Waals surface area (Å²) in [5, 5.41) is -0.0389. The third-order valence-corrected chi connectivity index (χ3v) is 14.9. The lowest BCUT2D eigenvalue weighted by atomic mass is 9.68. The Morgan fingerprint density at radius 3 is 2.14 bits per heavy atom. The molecule has 1 aromatic heterocycles. The molecule has 1 fully saturated rings. The number of hydrogen-bond acceptors (Lipinski definition) is 5. The minimum atomic E-state index is -4.42. The Bertz CT molecular complexity index is 1420. The molecule has 3 atom stereocenters. The van der Waals surface area contributed by atoms with Crippen LogP contribution in [0.2, 0.25) is 18.1 Å². The van der Waals surface area contributed by atoms with Gasteiger partial charge in [-0.25, -0.2) is 0 Å². The number of fused-ring (bicyclic) bond motifs is 4. The highest BCUT2D eigenvalue weighted by molar-refractivity contribution is 6.74. The highest BCUT2D eigenvalue weighted by Gasteiger charge is 2.56. The lowest BCUT2D eigenvalue weighted by Gasteiger charge is -2.48. The number of rotatable bonds is 5. The van der Waals surface area contributed by atoms with Crippen LogP contribution in [0, 0.1) is 5.41 Å². The van der Waals surface area contributed by atoms with Gasteiger partial charge in [0, 0.05) is 29.2 Å². The summed E-state index contributed by atoms with van der Waals surface area (Å²) in [6.45, 7) is 21.0. The van der Waals surface area contributed by atoms with E-state index in [0.29, 0.717) is 12.0 Å². The number of pyridine rings is 1. The Balaban J connectivity index is 1.82. The fraction of sp³-hybridized carbons (Fsp3) is 0.657. The van der Waals surface area contributed by atoms with E-state index in [-0.39, 0.29) is 23.0 Å². The number of halogens is 3. The number of nitrogens with zero attached hydrogens (tertiary/aromatic N) is 1. The van der Waals surface area contributed by atoms with Gasteiger partial charge in [-0.05, 0) is 66.6 Å². The first-order chi connectivity index (χ1) is 20.2. The standard InChI is InChI=1S/C35H48F3NO4Si/c1-20(2)28-26-27(34(17-11-12-18-34)42-30(26)22-13-15-23(16-14-22)35(36,37)38)25-24(43-44(9,10)32(4,5)6)19-33(7,8)31(29(25)39-28)41-21(3)40/h13-16,20,24,30-31H,11-12,17-19H2,1-10H3/t24-,30+,31-/m0/s1. The molecule has 1 aromatic carbocycles. The van der Waals surface area contributed by atoms with Gasteiger partial charge in [0.1, 0.15) is 12.2 Å². The monoisotopic (exact) mass is 631 g/mol. The molecule has 0 amide bonds. The summed E-state index contributed by atoms with van der Waals surface area (Å²) in [7, 11) is -2.28. The second kappa shape index (κ2) is 10.9. The summed E-state index contributed by atoms with van der Waals surface area (Å²) in [4.78, 5) is 17.9. The minimum Gasteiger partial charge on any atom is -0.455 e. The Morgan fingerprint density at radius 2 is 1.64 bits per heavy atom. The quantitative estimate of drug-likeness (QED) is 0.243. The molecule has 0 radical (unpaired) electrons. The molecule has 242 valence electrons. The van der Waals surface area contributed by atoms with E-state index in [9.17, 15) is 18.0 Å². The molecule has 1 aliphatic heterocycles. The number of esters is 1. The number of benzene rings is 1. The fourth-order valence-corrected chi connectivity index (χ4v) is 8.45. The molecule has 9 heteroatoms. The van der Waals surface area contributed by atoms with Gasteiger partial charge in [-0.1, -0.05) is 73.4 Å². The maximum absolute atomic E-state index is 13.5. The predicted molar refractivity (Wildman–Crippen MR) is 167 cm³/mol. The molecule has 5 nitrogen and oxygen atoms in total. The van der Waals surface area contributed by atoms with Gasteiger partial charge >= 0.3 is 12.1 Å². The summed E-state index contributed by atoms with van der Waals surface area (Å²) in [5.74, 6) is -0.366. The Labute approximate surface area is 261 Å². The number of hydrogen-bond donors (Lipinski definition) is 0. The molecule has 5 rings (SSSR count). The zero-order valence-electron chi connectivity index (χ0n) is 27.9. The van der Waals surface area contributed by atoms with Crippen LogP contribution in [0.4, 0.5) is 13.2 Å². The van der Waals surface area contributed by atoms with Crippen LogP contribution in [0.25, 0.3) is 0 Å². The zero-order valence-corrected chi connectivity index (χ0v) is 28.9. The Hall–Kier alpha value is -2.23. The van der Waals surface area contributed by atoms with Crippen molar-refractivity contribution in [1.82, 2.24) is 4.98 Å². The molecule has 1 saturated carbocycles. The van der Waals surface area contributed by atoms with Crippen molar-refractivity contribution < 1.29 is 31.9 Å². The van der Waals surface area contributed by atoms with Crippen LogP contribution in [0.3, 0.4) is 0 Å². The highest BCUT2D eigenvalue weighted by atomic mass is 28.4. The van der Waals surface area contributed by atoms with E-state index >= 15 is 0 Å². The van der Waals surface area contributed by atoms with Crippen molar-refractivity contribution in [1.29, 1.82) is 0 Å². The summed E-state index contributed by atoms with van der Waals surface area (Å²) in [6, 6.07) is 5.37. The Morgan fingerprint density at radius 1 is 1.05 bits per heavy atom. The van der Waals surface area contributed by atoms with Crippen LogP contribution in [0.15, 0.2) is 24.3 Å². The number of ether oxygens (including phenoxy) is 2. The van der Waals surface area contributed by atoms with Crippen molar-refractivity contribution in [3.63, 3.8) is 0 Å². The average molecular weight is 632 g/mol. The van der Waals surface area contributed by atoms with Crippen molar-refractivity contribution in [2.24, 2.45) is 5.41 Å². The van der Waals surface area contributed by atoms with E-state index in [1.807, 2.05) is 0 Å². The maximum atomic E-state index is 13.5. The summed E-state index contributed by atoms with van der Waals surface area (Å²) in [5.41, 5.74) is 3.51. The molecule has 2 aliphatic carbocycles. The maximum Gasteiger partial charge on any atom is 0.416 e. The van der Waals surface area contributed by atoms with Crippen LogP contribution < -0.4 is 0 Å². The first-order valence-corrected chi connectivity index (χ1v) is 18.9.